The zero-order chi connectivity index (χ0) is 20.5. The van der Waals surface area contributed by atoms with E-state index in [9.17, 15) is 4.79 Å². The molecule has 0 aromatic heterocycles. The molecule has 0 atom stereocenters. The van der Waals surface area contributed by atoms with Gasteiger partial charge in [0.1, 0.15) is 0 Å². The summed E-state index contributed by atoms with van der Waals surface area (Å²) in [6.45, 7) is 8.25. The molecule has 0 unspecified atom stereocenters. The number of methoxy groups -OCH3 is 2. The van der Waals surface area contributed by atoms with Gasteiger partial charge < -0.3 is 20.1 Å². The highest BCUT2D eigenvalue weighted by molar-refractivity contribution is 6.04. The molecule has 0 aliphatic carbocycles. The summed E-state index contributed by atoms with van der Waals surface area (Å²) in [6, 6.07) is 9.89. The lowest BCUT2D eigenvalue weighted by molar-refractivity contribution is -0.111. The molecule has 1 amide bonds. The van der Waals surface area contributed by atoms with E-state index in [2.05, 4.69) is 30.5 Å². The fourth-order valence-electron chi connectivity index (χ4n) is 3.64. The molecule has 28 heavy (non-hydrogen) atoms. The third kappa shape index (κ3) is 4.14. The predicted octanol–water partition coefficient (Wildman–Crippen LogP) is 4.22. The van der Waals surface area contributed by atoms with Gasteiger partial charge in [0.25, 0.3) is 0 Å². The molecule has 0 radical (unpaired) electrons. The molecule has 5 heteroatoms. The van der Waals surface area contributed by atoms with Crippen LogP contribution in [0.3, 0.4) is 0 Å². The van der Waals surface area contributed by atoms with E-state index in [1.54, 1.807) is 20.3 Å². The number of fused-ring (bicyclic) bond motifs is 1. The Labute approximate surface area is 166 Å². The third-order valence-electron chi connectivity index (χ3n) is 4.92. The number of anilines is 1. The first kappa shape index (κ1) is 19.8. The highest BCUT2D eigenvalue weighted by atomic mass is 16.5. The molecule has 5 nitrogen and oxygen atoms in total. The lowest BCUT2D eigenvalue weighted by Crippen LogP contribution is -2.44. The summed E-state index contributed by atoms with van der Waals surface area (Å²) in [5.74, 6) is 1.16. The molecule has 2 aromatic rings. The number of nitrogens with one attached hydrogen (secondary N) is 2. The summed E-state index contributed by atoms with van der Waals surface area (Å²) >= 11 is 0. The standard InChI is InChI=1S/C23H28N2O3/c1-14-7-8-18(15(2)9-14)24-22(26)12-19-17-11-21(28-6)20(27-5)10-16(17)13-23(3,4)25-19/h7-12,25H,13H2,1-6H3,(H,24,26)/b19-12+. The fraction of sp³-hybridized carbons (Fsp3) is 0.348. The van der Waals surface area contributed by atoms with Gasteiger partial charge in [0.2, 0.25) is 5.91 Å². The van der Waals surface area contributed by atoms with E-state index in [-0.39, 0.29) is 11.4 Å². The zero-order valence-electron chi connectivity index (χ0n) is 17.4. The molecule has 0 bridgehead atoms. The van der Waals surface area contributed by atoms with Crippen LogP contribution in [0.2, 0.25) is 0 Å². The lowest BCUT2D eigenvalue weighted by Gasteiger charge is -2.36. The van der Waals surface area contributed by atoms with Crippen LogP contribution in [0.15, 0.2) is 36.4 Å². The van der Waals surface area contributed by atoms with Crippen LogP contribution >= 0.6 is 0 Å². The summed E-state index contributed by atoms with van der Waals surface area (Å²) < 4.78 is 10.9. The normalized spacial score (nSPS) is 16.1. The van der Waals surface area contributed by atoms with Gasteiger partial charge in [-0.1, -0.05) is 17.7 Å². The molecular formula is C23H28N2O3. The highest BCUT2D eigenvalue weighted by Gasteiger charge is 2.29. The van der Waals surface area contributed by atoms with Crippen LogP contribution in [0.4, 0.5) is 5.69 Å². The van der Waals surface area contributed by atoms with E-state index >= 15 is 0 Å². The summed E-state index contributed by atoms with van der Waals surface area (Å²) in [7, 11) is 3.24. The molecule has 2 aromatic carbocycles. The van der Waals surface area contributed by atoms with Crippen LogP contribution in [0, 0.1) is 13.8 Å². The second kappa shape index (κ2) is 7.58. The van der Waals surface area contributed by atoms with Crippen LogP contribution in [-0.4, -0.2) is 25.7 Å². The lowest BCUT2D eigenvalue weighted by atomic mass is 9.85. The third-order valence-corrected chi connectivity index (χ3v) is 4.92. The number of benzene rings is 2. The number of ether oxygens (including phenoxy) is 2. The number of carbonyl (C=O) groups is 1. The van der Waals surface area contributed by atoms with Gasteiger partial charge in [0, 0.05) is 28.6 Å². The average Bonchev–Trinajstić information content (AvgIpc) is 2.62. The second-order valence-corrected chi connectivity index (χ2v) is 7.92. The van der Waals surface area contributed by atoms with Crippen molar-refractivity contribution in [2.75, 3.05) is 19.5 Å². The first-order valence-electron chi connectivity index (χ1n) is 9.36. The van der Waals surface area contributed by atoms with Crippen LogP contribution in [-0.2, 0) is 11.2 Å². The molecule has 0 saturated carbocycles. The van der Waals surface area contributed by atoms with Crippen LogP contribution in [0.1, 0.15) is 36.1 Å². The van der Waals surface area contributed by atoms with Crippen molar-refractivity contribution < 1.29 is 14.3 Å². The Bertz CT molecular complexity index is 945. The zero-order valence-corrected chi connectivity index (χ0v) is 17.4. The first-order chi connectivity index (χ1) is 13.2. The molecule has 1 aliphatic rings. The van der Waals surface area contributed by atoms with Crippen molar-refractivity contribution in [2.45, 2.75) is 39.7 Å². The van der Waals surface area contributed by atoms with Crippen LogP contribution in [0.5, 0.6) is 11.5 Å². The van der Waals surface area contributed by atoms with Gasteiger partial charge in [-0.2, -0.15) is 0 Å². The van der Waals surface area contributed by atoms with Gasteiger partial charge in [0.05, 0.1) is 14.2 Å². The summed E-state index contributed by atoms with van der Waals surface area (Å²) in [4.78, 5) is 12.7. The molecule has 2 N–H and O–H groups in total. The molecular weight excluding hydrogens is 352 g/mol. The number of rotatable bonds is 4. The van der Waals surface area contributed by atoms with Gasteiger partial charge in [0.15, 0.2) is 11.5 Å². The van der Waals surface area contributed by atoms with Crippen molar-refractivity contribution >= 4 is 17.3 Å². The molecule has 0 fully saturated rings. The Morgan fingerprint density at radius 1 is 1.11 bits per heavy atom. The van der Waals surface area contributed by atoms with Gasteiger partial charge in [-0.3, -0.25) is 4.79 Å². The largest absolute Gasteiger partial charge is 0.493 e. The summed E-state index contributed by atoms with van der Waals surface area (Å²) in [5.41, 5.74) is 5.68. The maximum atomic E-state index is 12.7. The smallest absolute Gasteiger partial charge is 0.250 e. The Balaban J connectivity index is 1.97. The number of carbonyl (C=O) groups excluding carboxylic acids is 1. The maximum Gasteiger partial charge on any atom is 0.250 e. The number of hydrogen-bond donors (Lipinski definition) is 2. The molecule has 0 saturated heterocycles. The highest BCUT2D eigenvalue weighted by Crippen LogP contribution is 2.38. The van der Waals surface area contributed by atoms with Crippen LogP contribution < -0.4 is 20.1 Å². The van der Waals surface area contributed by atoms with E-state index in [1.165, 1.54) is 5.56 Å². The molecule has 1 aliphatic heterocycles. The van der Waals surface area contributed by atoms with Crippen molar-refractivity contribution in [1.82, 2.24) is 5.32 Å². The Kier molecular flexibility index (Phi) is 5.36. The van der Waals surface area contributed by atoms with Gasteiger partial charge >= 0.3 is 0 Å². The molecule has 1 heterocycles. The number of amides is 1. The molecule has 148 valence electrons. The molecule has 0 spiro atoms. The minimum Gasteiger partial charge on any atom is -0.493 e. The van der Waals surface area contributed by atoms with Crippen molar-refractivity contribution in [2.24, 2.45) is 0 Å². The summed E-state index contributed by atoms with van der Waals surface area (Å²) in [6.07, 6.45) is 2.43. The predicted molar refractivity (Wildman–Crippen MR) is 113 cm³/mol. The van der Waals surface area contributed by atoms with E-state index < -0.39 is 0 Å². The Hall–Kier alpha value is -2.95. The first-order valence-corrected chi connectivity index (χ1v) is 9.36. The van der Waals surface area contributed by atoms with Gasteiger partial charge in [-0.15, -0.1) is 0 Å². The van der Waals surface area contributed by atoms with Gasteiger partial charge in [-0.05, 0) is 63.4 Å². The minimum atomic E-state index is -0.182. The van der Waals surface area contributed by atoms with Crippen molar-refractivity contribution in [3.8, 4) is 11.5 Å². The Morgan fingerprint density at radius 2 is 1.79 bits per heavy atom. The number of hydrogen-bond acceptors (Lipinski definition) is 4. The SMILES string of the molecule is COc1cc2c(cc1OC)/C(=C\C(=O)Nc1ccc(C)cc1C)NC(C)(C)C2. The monoisotopic (exact) mass is 380 g/mol. The summed E-state index contributed by atoms with van der Waals surface area (Å²) in [5, 5.41) is 6.46. The van der Waals surface area contributed by atoms with Gasteiger partial charge in [-0.25, -0.2) is 0 Å². The number of aryl methyl sites for hydroxylation is 2. The maximum absolute atomic E-state index is 12.7. The second-order valence-electron chi connectivity index (χ2n) is 7.92. The van der Waals surface area contributed by atoms with Crippen molar-refractivity contribution in [3.63, 3.8) is 0 Å². The van der Waals surface area contributed by atoms with E-state index in [4.69, 9.17) is 9.47 Å². The average molecular weight is 380 g/mol. The topological polar surface area (TPSA) is 59.6 Å². The fourth-order valence-corrected chi connectivity index (χ4v) is 3.64. The quantitative estimate of drug-likeness (QED) is 0.780. The Morgan fingerprint density at radius 3 is 2.43 bits per heavy atom. The van der Waals surface area contributed by atoms with E-state index in [0.29, 0.717) is 11.5 Å². The van der Waals surface area contributed by atoms with E-state index in [1.807, 2.05) is 38.1 Å². The van der Waals surface area contributed by atoms with Crippen molar-refractivity contribution in [1.29, 1.82) is 0 Å². The molecule has 3 rings (SSSR count). The van der Waals surface area contributed by atoms with Crippen LogP contribution in [0.25, 0.3) is 5.70 Å². The van der Waals surface area contributed by atoms with E-state index in [0.717, 1.165) is 34.5 Å². The minimum absolute atomic E-state index is 0.173. The van der Waals surface area contributed by atoms with Crippen molar-refractivity contribution in [3.05, 3.63) is 58.7 Å².